The third kappa shape index (κ3) is 7.96. The maximum absolute atomic E-state index is 13.8. The first-order valence-corrected chi connectivity index (χ1v) is 13.1. The fourth-order valence-electron chi connectivity index (χ4n) is 3.09. The Balaban J connectivity index is 2.17. The van der Waals surface area contributed by atoms with Gasteiger partial charge in [0.1, 0.15) is 23.7 Å². The SMILES string of the molecule is CCOC(=O)C(C)(C)N[P@](=O)(CO[C@H](C)Cn1cnc2c(N)ncnc21)O[C@@H](C)C(=O)OC(C)C. The lowest BCUT2D eigenvalue weighted by atomic mass is 10.1. The van der Waals surface area contributed by atoms with Crippen LogP contribution in [0.15, 0.2) is 12.7 Å². The number of anilines is 1. The molecule has 2 heterocycles. The molecule has 0 aliphatic rings. The van der Waals surface area contributed by atoms with Gasteiger partial charge in [0.25, 0.3) is 7.52 Å². The fourth-order valence-corrected chi connectivity index (χ4v) is 5.25. The normalized spacial score (nSPS) is 15.5. The minimum absolute atomic E-state index is 0.146. The Morgan fingerprint density at radius 3 is 2.51 bits per heavy atom. The molecule has 0 radical (unpaired) electrons. The number of carbonyl (C=O) groups excluding carboxylic acids is 2. The van der Waals surface area contributed by atoms with E-state index in [1.807, 2.05) is 0 Å². The Labute approximate surface area is 204 Å². The van der Waals surface area contributed by atoms with Crippen LogP contribution >= 0.6 is 7.52 Å². The van der Waals surface area contributed by atoms with Crippen molar-refractivity contribution in [3.05, 3.63) is 12.7 Å². The second-order valence-corrected chi connectivity index (χ2v) is 10.8. The average molecular weight is 515 g/mol. The minimum atomic E-state index is -3.92. The molecule has 2 aromatic heterocycles. The standard InChI is InChI=1S/C21H35N6O7P/c1-8-31-20(29)21(6,7)26-35(30,34-15(5)19(28)33-13(2)3)12-32-14(4)9-27-11-25-16-17(22)23-10-24-18(16)27/h10-11,13-15H,8-9,12H2,1-7H3,(H,26,30)(H2,22,23,24)/t14-,15+,35+/m1/s1. The van der Waals surface area contributed by atoms with Crippen LogP contribution in [0.3, 0.4) is 0 Å². The third-order valence-electron chi connectivity index (χ3n) is 4.66. The number of nitrogen functional groups attached to an aromatic ring is 1. The van der Waals surface area contributed by atoms with Crippen molar-refractivity contribution in [3.8, 4) is 0 Å². The number of ether oxygens (including phenoxy) is 3. The van der Waals surface area contributed by atoms with Gasteiger partial charge in [0.05, 0.1) is 31.7 Å². The molecule has 0 saturated carbocycles. The summed E-state index contributed by atoms with van der Waals surface area (Å²) in [7, 11) is -3.92. The van der Waals surface area contributed by atoms with Crippen LogP contribution in [0.2, 0.25) is 0 Å². The molecule has 14 heteroatoms. The van der Waals surface area contributed by atoms with Gasteiger partial charge in [0, 0.05) is 0 Å². The second kappa shape index (κ2) is 11.9. The van der Waals surface area contributed by atoms with E-state index >= 15 is 0 Å². The van der Waals surface area contributed by atoms with Gasteiger partial charge in [-0.05, 0) is 48.5 Å². The van der Waals surface area contributed by atoms with Gasteiger partial charge < -0.3 is 29.0 Å². The Hall–Kier alpha value is -2.60. The van der Waals surface area contributed by atoms with E-state index < -0.39 is 43.6 Å². The highest BCUT2D eigenvalue weighted by Gasteiger charge is 2.40. The second-order valence-electron chi connectivity index (χ2n) is 8.80. The smallest absolute Gasteiger partial charge is 0.335 e. The lowest BCUT2D eigenvalue weighted by molar-refractivity contribution is -0.155. The van der Waals surface area contributed by atoms with E-state index in [-0.39, 0.29) is 18.5 Å². The summed E-state index contributed by atoms with van der Waals surface area (Å²) in [6, 6.07) is 0. The lowest BCUT2D eigenvalue weighted by Gasteiger charge is -2.31. The van der Waals surface area contributed by atoms with Gasteiger partial charge in [-0.2, -0.15) is 0 Å². The molecule has 0 aliphatic carbocycles. The lowest BCUT2D eigenvalue weighted by Crippen LogP contribution is -2.47. The molecule has 35 heavy (non-hydrogen) atoms. The maximum atomic E-state index is 13.8. The van der Waals surface area contributed by atoms with Gasteiger partial charge in [-0.1, -0.05) is 0 Å². The molecule has 0 bridgehead atoms. The summed E-state index contributed by atoms with van der Waals surface area (Å²) in [5.74, 6) is -1.06. The number of carbonyl (C=O) groups is 2. The molecule has 0 fully saturated rings. The maximum Gasteiger partial charge on any atom is 0.335 e. The molecule has 0 spiro atoms. The van der Waals surface area contributed by atoms with Crippen molar-refractivity contribution in [1.29, 1.82) is 0 Å². The van der Waals surface area contributed by atoms with Crippen molar-refractivity contribution < 1.29 is 32.9 Å². The fraction of sp³-hybridized carbons (Fsp3) is 0.667. The first-order valence-electron chi connectivity index (χ1n) is 11.3. The topological polar surface area (TPSA) is 170 Å². The summed E-state index contributed by atoms with van der Waals surface area (Å²) in [5.41, 5.74) is 5.43. The predicted molar refractivity (Wildman–Crippen MR) is 128 cm³/mol. The van der Waals surface area contributed by atoms with E-state index in [0.29, 0.717) is 17.7 Å². The minimum Gasteiger partial charge on any atom is -0.465 e. The number of rotatable bonds is 13. The molecule has 0 saturated heterocycles. The molecule has 2 rings (SSSR count). The summed E-state index contributed by atoms with van der Waals surface area (Å²) in [4.78, 5) is 37.0. The highest BCUT2D eigenvalue weighted by Crippen LogP contribution is 2.46. The average Bonchev–Trinajstić information content (AvgIpc) is 3.15. The van der Waals surface area contributed by atoms with Crippen molar-refractivity contribution in [2.75, 3.05) is 18.7 Å². The van der Waals surface area contributed by atoms with E-state index in [1.54, 1.807) is 38.6 Å². The van der Waals surface area contributed by atoms with Gasteiger partial charge in [-0.25, -0.2) is 24.8 Å². The summed E-state index contributed by atoms with van der Waals surface area (Å²) in [6.07, 6.45) is 0.423. The Bertz CT molecular complexity index is 1070. The first kappa shape index (κ1) is 28.6. The molecular formula is C21H35N6O7P. The zero-order valence-electron chi connectivity index (χ0n) is 21.2. The van der Waals surface area contributed by atoms with Gasteiger partial charge in [0.2, 0.25) is 0 Å². The number of hydrogen-bond donors (Lipinski definition) is 2. The van der Waals surface area contributed by atoms with Crippen LogP contribution in [0.5, 0.6) is 0 Å². The van der Waals surface area contributed by atoms with Crippen LogP contribution in [-0.2, 0) is 39.4 Å². The van der Waals surface area contributed by atoms with Crippen molar-refractivity contribution in [3.63, 3.8) is 0 Å². The van der Waals surface area contributed by atoms with E-state index in [4.69, 9.17) is 24.5 Å². The van der Waals surface area contributed by atoms with Crippen LogP contribution in [0, 0.1) is 0 Å². The summed E-state index contributed by atoms with van der Waals surface area (Å²) in [5, 5.41) is 2.71. The van der Waals surface area contributed by atoms with Gasteiger partial charge in [-0.3, -0.25) is 9.36 Å². The zero-order valence-corrected chi connectivity index (χ0v) is 22.1. The number of nitrogens with two attached hydrogens (primary N) is 1. The molecule has 13 nitrogen and oxygen atoms in total. The molecule has 0 aromatic carbocycles. The highest BCUT2D eigenvalue weighted by atomic mass is 31.2. The monoisotopic (exact) mass is 514 g/mol. The van der Waals surface area contributed by atoms with Crippen LogP contribution in [-0.4, -0.2) is 68.3 Å². The Morgan fingerprint density at radius 2 is 1.89 bits per heavy atom. The largest absolute Gasteiger partial charge is 0.465 e. The summed E-state index contributed by atoms with van der Waals surface area (Å²) < 4.78 is 37.1. The van der Waals surface area contributed by atoms with Crippen molar-refractivity contribution in [1.82, 2.24) is 24.6 Å². The molecule has 196 valence electrons. The molecule has 3 atom stereocenters. The Morgan fingerprint density at radius 1 is 1.20 bits per heavy atom. The van der Waals surface area contributed by atoms with Crippen LogP contribution in [0.4, 0.5) is 5.82 Å². The molecule has 3 N–H and O–H groups in total. The summed E-state index contributed by atoms with van der Waals surface area (Å²) in [6.45, 7) is 11.7. The number of aromatic nitrogens is 4. The van der Waals surface area contributed by atoms with Gasteiger partial charge in [0.15, 0.2) is 17.6 Å². The van der Waals surface area contributed by atoms with E-state index in [2.05, 4.69) is 20.0 Å². The van der Waals surface area contributed by atoms with Crippen LogP contribution in [0.25, 0.3) is 11.2 Å². The van der Waals surface area contributed by atoms with Gasteiger partial charge >= 0.3 is 11.9 Å². The number of fused-ring (bicyclic) bond motifs is 1. The highest BCUT2D eigenvalue weighted by molar-refractivity contribution is 7.56. The number of hydrogen-bond acceptors (Lipinski definition) is 11. The molecule has 2 aromatic rings. The number of imidazole rings is 1. The first-order chi connectivity index (χ1) is 16.3. The number of nitrogens with zero attached hydrogens (tertiary/aromatic N) is 4. The van der Waals surface area contributed by atoms with Crippen molar-refractivity contribution in [2.45, 2.75) is 78.9 Å². The Kier molecular flexibility index (Phi) is 9.73. The molecule has 0 unspecified atom stereocenters. The van der Waals surface area contributed by atoms with E-state index in [9.17, 15) is 14.2 Å². The van der Waals surface area contributed by atoms with Crippen molar-refractivity contribution >= 4 is 36.4 Å². The number of esters is 2. The van der Waals surface area contributed by atoms with E-state index in [0.717, 1.165) is 0 Å². The number of nitrogens with one attached hydrogen (secondary N) is 1. The molecule has 0 aliphatic heterocycles. The quantitative estimate of drug-likeness (QED) is 0.296. The van der Waals surface area contributed by atoms with Crippen LogP contribution < -0.4 is 10.8 Å². The predicted octanol–water partition coefficient (Wildman–Crippen LogP) is 2.25. The zero-order chi connectivity index (χ0) is 26.4. The summed E-state index contributed by atoms with van der Waals surface area (Å²) >= 11 is 0. The van der Waals surface area contributed by atoms with Gasteiger partial charge in [-0.15, -0.1) is 0 Å². The van der Waals surface area contributed by atoms with E-state index in [1.165, 1.54) is 27.1 Å². The van der Waals surface area contributed by atoms with Crippen molar-refractivity contribution in [2.24, 2.45) is 0 Å². The third-order valence-corrected chi connectivity index (χ3v) is 6.71. The van der Waals surface area contributed by atoms with Crippen LogP contribution in [0.1, 0.15) is 48.5 Å². The molecule has 0 amide bonds. The molecular weight excluding hydrogens is 479 g/mol.